The zero-order valence-electron chi connectivity index (χ0n) is 16.6. The van der Waals surface area contributed by atoms with Gasteiger partial charge in [0.15, 0.2) is 0 Å². The first-order valence-corrected chi connectivity index (χ1v) is 9.27. The predicted molar refractivity (Wildman–Crippen MR) is 124 cm³/mol. The second-order valence-electron chi connectivity index (χ2n) is 6.86. The molecule has 3 aromatic rings. The van der Waals surface area contributed by atoms with Gasteiger partial charge in [0.05, 0.1) is 11.7 Å². The van der Waals surface area contributed by atoms with Gasteiger partial charge in [-0.05, 0) is 48.2 Å². The molecule has 3 N–H and O–H groups in total. The lowest BCUT2D eigenvalue weighted by atomic mass is 9.93. The number of hydrogen-bond acceptors (Lipinski definition) is 4. The van der Waals surface area contributed by atoms with E-state index in [-0.39, 0.29) is 36.4 Å². The maximum atomic E-state index is 11.4. The van der Waals surface area contributed by atoms with Gasteiger partial charge in [0, 0.05) is 30.5 Å². The van der Waals surface area contributed by atoms with E-state index >= 15 is 0 Å². The average Bonchev–Trinajstić information content (AvgIpc) is 2.73. The van der Waals surface area contributed by atoms with Crippen LogP contribution in [0.3, 0.4) is 0 Å². The zero-order valence-corrected chi connectivity index (χ0v) is 18.2. The minimum atomic E-state index is -0.937. The number of halogens is 2. The minimum absolute atomic E-state index is 0. The maximum Gasteiger partial charge on any atom is 0.335 e. The molecule has 0 amide bonds. The van der Waals surface area contributed by atoms with Gasteiger partial charge in [-0.15, -0.1) is 24.8 Å². The van der Waals surface area contributed by atoms with Crippen LogP contribution >= 0.6 is 24.8 Å². The van der Waals surface area contributed by atoms with Crippen LogP contribution in [0.4, 0.5) is 0 Å². The molecule has 3 rings (SSSR count). The molecular weight excluding hydrogens is 423 g/mol. The molecule has 0 fully saturated rings. The molecule has 160 valence electrons. The highest BCUT2D eigenvalue weighted by atomic mass is 35.5. The van der Waals surface area contributed by atoms with Crippen molar-refractivity contribution < 1.29 is 15.0 Å². The molecule has 30 heavy (non-hydrogen) atoms. The number of benzene rings is 2. The summed E-state index contributed by atoms with van der Waals surface area (Å²) >= 11 is 0. The summed E-state index contributed by atoms with van der Waals surface area (Å²) in [7, 11) is 0. The lowest BCUT2D eigenvalue weighted by Crippen LogP contribution is -2.32. The third-order valence-electron chi connectivity index (χ3n) is 4.69. The quantitative estimate of drug-likeness (QED) is 0.470. The molecule has 0 aliphatic heterocycles. The number of carboxylic acid groups (broad SMARTS) is 1. The SMILES string of the molecule is C[C@H](Cc1cc(C(=O)O)ccc1-c1ccccc1)NC[C@@H](O)c1cccnc1.Cl.Cl. The zero-order chi connectivity index (χ0) is 19.9. The van der Waals surface area contributed by atoms with Crippen LogP contribution in [0.15, 0.2) is 73.1 Å². The molecule has 0 radical (unpaired) electrons. The number of carboxylic acids is 1. The van der Waals surface area contributed by atoms with Gasteiger partial charge in [0.1, 0.15) is 0 Å². The van der Waals surface area contributed by atoms with Crippen molar-refractivity contribution in [3.63, 3.8) is 0 Å². The Hall–Kier alpha value is -2.44. The Morgan fingerprint density at radius 3 is 2.43 bits per heavy atom. The van der Waals surface area contributed by atoms with Crippen LogP contribution in [0.1, 0.15) is 34.5 Å². The van der Waals surface area contributed by atoms with Crippen molar-refractivity contribution in [2.24, 2.45) is 0 Å². The molecular formula is C23H26Cl2N2O3. The van der Waals surface area contributed by atoms with Crippen molar-refractivity contribution in [3.05, 3.63) is 89.7 Å². The van der Waals surface area contributed by atoms with Crippen LogP contribution in [0, 0.1) is 0 Å². The number of nitrogens with one attached hydrogen (secondary N) is 1. The van der Waals surface area contributed by atoms with E-state index in [1.54, 1.807) is 30.6 Å². The van der Waals surface area contributed by atoms with Gasteiger partial charge in [-0.1, -0.05) is 42.5 Å². The molecule has 0 unspecified atom stereocenters. The number of aromatic nitrogens is 1. The van der Waals surface area contributed by atoms with Gasteiger partial charge in [0.25, 0.3) is 0 Å². The summed E-state index contributed by atoms with van der Waals surface area (Å²) in [5, 5.41) is 23.0. The Morgan fingerprint density at radius 1 is 1.07 bits per heavy atom. The second kappa shape index (κ2) is 12.3. The van der Waals surface area contributed by atoms with E-state index in [1.807, 2.05) is 49.4 Å². The average molecular weight is 449 g/mol. The molecule has 0 bridgehead atoms. The fourth-order valence-corrected chi connectivity index (χ4v) is 3.20. The number of pyridine rings is 1. The lowest BCUT2D eigenvalue weighted by molar-refractivity contribution is 0.0696. The van der Waals surface area contributed by atoms with Crippen molar-refractivity contribution in [1.29, 1.82) is 0 Å². The monoisotopic (exact) mass is 448 g/mol. The summed E-state index contributed by atoms with van der Waals surface area (Å²) in [6.07, 6.45) is 3.33. The number of aromatic carboxylic acids is 1. The van der Waals surface area contributed by atoms with Crippen molar-refractivity contribution in [1.82, 2.24) is 10.3 Å². The Bertz CT molecular complexity index is 924. The third-order valence-corrected chi connectivity index (χ3v) is 4.69. The van der Waals surface area contributed by atoms with E-state index in [2.05, 4.69) is 10.3 Å². The van der Waals surface area contributed by atoms with Crippen molar-refractivity contribution >= 4 is 30.8 Å². The van der Waals surface area contributed by atoms with Gasteiger partial charge in [-0.25, -0.2) is 4.79 Å². The Labute approximate surface area is 189 Å². The summed E-state index contributed by atoms with van der Waals surface area (Å²) in [4.78, 5) is 15.4. The Balaban J connectivity index is 0.00000225. The fraction of sp³-hybridized carbons (Fsp3) is 0.217. The summed E-state index contributed by atoms with van der Waals surface area (Å²) in [6, 6.07) is 18.9. The number of nitrogens with zero attached hydrogens (tertiary/aromatic N) is 1. The molecule has 5 nitrogen and oxygen atoms in total. The maximum absolute atomic E-state index is 11.4. The van der Waals surface area contributed by atoms with Crippen LogP contribution in [-0.4, -0.2) is 33.8 Å². The van der Waals surface area contributed by atoms with E-state index in [9.17, 15) is 15.0 Å². The number of aliphatic hydroxyl groups is 1. The van der Waals surface area contributed by atoms with E-state index in [0.717, 1.165) is 22.3 Å². The first-order chi connectivity index (χ1) is 13.5. The first-order valence-electron chi connectivity index (χ1n) is 9.27. The molecule has 0 aliphatic carbocycles. The van der Waals surface area contributed by atoms with Gasteiger partial charge in [-0.2, -0.15) is 0 Å². The Morgan fingerprint density at radius 2 is 1.80 bits per heavy atom. The van der Waals surface area contributed by atoms with Crippen molar-refractivity contribution in [3.8, 4) is 11.1 Å². The summed E-state index contributed by atoms with van der Waals surface area (Å²) < 4.78 is 0. The minimum Gasteiger partial charge on any atom is -0.478 e. The van der Waals surface area contributed by atoms with Crippen molar-refractivity contribution in [2.45, 2.75) is 25.5 Å². The largest absolute Gasteiger partial charge is 0.478 e. The number of rotatable bonds is 8. The number of aliphatic hydroxyl groups excluding tert-OH is 1. The summed E-state index contributed by atoms with van der Waals surface area (Å²) in [6.45, 7) is 2.42. The lowest BCUT2D eigenvalue weighted by Gasteiger charge is -2.19. The van der Waals surface area contributed by atoms with E-state index in [0.29, 0.717) is 13.0 Å². The highest BCUT2D eigenvalue weighted by Crippen LogP contribution is 2.26. The molecule has 7 heteroatoms. The molecule has 2 atom stereocenters. The van der Waals surface area contributed by atoms with Crippen LogP contribution in [0.5, 0.6) is 0 Å². The third kappa shape index (κ3) is 6.82. The molecule has 2 aromatic carbocycles. The molecule has 0 aliphatic rings. The highest BCUT2D eigenvalue weighted by molar-refractivity contribution is 5.89. The summed E-state index contributed by atoms with van der Waals surface area (Å²) in [5.41, 5.74) is 4.07. The molecule has 0 saturated heterocycles. The molecule has 0 saturated carbocycles. The van der Waals surface area contributed by atoms with E-state index < -0.39 is 12.1 Å². The van der Waals surface area contributed by atoms with Gasteiger partial charge in [-0.3, -0.25) is 4.98 Å². The number of carbonyl (C=O) groups is 1. The van der Waals surface area contributed by atoms with E-state index in [1.165, 1.54) is 0 Å². The van der Waals surface area contributed by atoms with Crippen LogP contribution < -0.4 is 5.32 Å². The fourth-order valence-electron chi connectivity index (χ4n) is 3.20. The van der Waals surface area contributed by atoms with Crippen LogP contribution in [0.2, 0.25) is 0 Å². The van der Waals surface area contributed by atoms with Gasteiger partial charge < -0.3 is 15.5 Å². The van der Waals surface area contributed by atoms with Gasteiger partial charge >= 0.3 is 5.97 Å². The number of hydrogen-bond donors (Lipinski definition) is 3. The normalized spacial score (nSPS) is 12.2. The van der Waals surface area contributed by atoms with E-state index in [4.69, 9.17) is 0 Å². The summed E-state index contributed by atoms with van der Waals surface area (Å²) in [5.74, 6) is -0.937. The van der Waals surface area contributed by atoms with Crippen molar-refractivity contribution in [2.75, 3.05) is 6.54 Å². The van der Waals surface area contributed by atoms with Crippen LogP contribution in [-0.2, 0) is 6.42 Å². The molecule has 1 aromatic heterocycles. The van der Waals surface area contributed by atoms with Gasteiger partial charge in [0.2, 0.25) is 0 Å². The second-order valence-corrected chi connectivity index (χ2v) is 6.86. The highest BCUT2D eigenvalue weighted by Gasteiger charge is 2.14. The smallest absolute Gasteiger partial charge is 0.335 e. The predicted octanol–water partition coefficient (Wildman–Crippen LogP) is 4.54. The standard InChI is InChI=1S/C23H24N2O3.2ClH/c1-16(25-15-22(26)19-8-5-11-24-14-19)12-20-13-18(23(27)28)9-10-21(20)17-6-3-2-4-7-17;;/h2-11,13-14,16,22,25-26H,12,15H2,1H3,(H,27,28);2*1H/t16-,22-;;/m1../s1. The first kappa shape index (κ1) is 25.6. The molecule has 1 heterocycles. The Kier molecular flexibility index (Phi) is 10.5. The van der Waals surface area contributed by atoms with Crippen LogP contribution in [0.25, 0.3) is 11.1 Å². The molecule has 0 spiro atoms. The topological polar surface area (TPSA) is 82.5 Å².